The standard InChI is InChI=1S/C36H48O6/c1-22(2)15-16-26-21-36(18-17-23(3)4)32(39)30(28(37)19-24(5)6)34(40)42-33(36)31(35(26,7)8)27(20-29(38)41-9)25-13-11-10-12-14-25/h10-15,17,24,26-27,39H,16,18-21H2,1-9H3. The lowest BCUT2D eigenvalue weighted by Crippen LogP contribution is -2.48. The van der Waals surface area contributed by atoms with E-state index in [1.54, 1.807) is 0 Å². The van der Waals surface area contributed by atoms with Gasteiger partial charge in [-0.3, -0.25) is 9.59 Å². The molecule has 0 bridgehead atoms. The highest BCUT2D eigenvalue weighted by Gasteiger charge is 2.58. The van der Waals surface area contributed by atoms with Crippen LogP contribution in [0.5, 0.6) is 0 Å². The summed E-state index contributed by atoms with van der Waals surface area (Å²) in [7, 11) is 1.37. The molecule has 0 fully saturated rings. The van der Waals surface area contributed by atoms with Gasteiger partial charge in [-0.25, -0.2) is 4.79 Å². The number of methoxy groups -OCH3 is 1. The van der Waals surface area contributed by atoms with E-state index in [2.05, 4.69) is 33.8 Å². The van der Waals surface area contributed by atoms with Crippen LogP contribution in [0.15, 0.2) is 76.3 Å². The fraction of sp³-hybridized carbons (Fsp3) is 0.528. The van der Waals surface area contributed by atoms with E-state index in [1.807, 2.05) is 64.1 Å². The van der Waals surface area contributed by atoms with Gasteiger partial charge in [0.25, 0.3) is 0 Å². The molecule has 1 aromatic carbocycles. The van der Waals surface area contributed by atoms with E-state index >= 15 is 0 Å². The number of carbonyl (C=O) groups is 3. The van der Waals surface area contributed by atoms with E-state index in [0.717, 1.165) is 23.1 Å². The quantitative estimate of drug-likeness (QED) is 0.162. The molecule has 0 saturated carbocycles. The number of ketones is 1. The lowest BCUT2D eigenvalue weighted by Gasteiger charge is -2.53. The van der Waals surface area contributed by atoms with Crippen molar-refractivity contribution in [2.75, 3.05) is 7.11 Å². The molecule has 3 unspecified atom stereocenters. The smallest absolute Gasteiger partial charge is 0.350 e. The molecule has 6 nitrogen and oxygen atoms in total. The summed E-state index contributed by atoms with van der Waals surface area (Å²) in [5.41, 5.74) is 1.97. The van der Waals surface area contributed by atoms with Gasteiger partial charge >= 0.3 is 11.9 Å². The van der Waals surface area contributed by atoms with Crippen molar-refractivity contribution in [2.45, 2.75) is 93.4 Å². The SMILES string of the molecule is COC(=O)CC(C1=C2OC(=O)C(C(=O)CC(C)C)=C(O)C2(CC=C(C)C)CC(CC=C(C)C)C1(C)C)c1ccccc1. The van der Waals surface area contributed by atoms with Crippen LogP contribution in [0.25, 0.3) is 0 Å². The Kier molecular flexibility index (Phi) is 10.5. The number of hydrogen-bond donors (Lipinski definition) is 1. The first kappa shape index (κ1) is 33.1. The molecule has 228 valence electrons. The third kappa shape index (κ3) is 6.79. The zero-order valence-corrected chi connectivity index (χ0v) is 26.8. The first-order valence-electron chi connectivity index (χ1n) is 15.0. The number of esters is 2. The van der Waals surface area contributed by atoms with Crippen molar-refractivity contribution in [1.29, 1.82) is 0 Å². The van der Waals surface area contributed by atoms with E-state index in [1.165, 1.54) is 12.7 Å². The second-order valence-corrected chi connectivity index (χ2v) is 13.3. The van der Waals surface area contributed by atoms with Crippen molar-refractivity contribution in [2.24, 2.45) is 22.7 Å². The summed E-state index contributed by atoms with van der Waals surface area (Å²) in [6, 6.07) is 9.69. The molecule has 1 aliphatic carbocycles. The zero-order valence-electron chi connectivity index (χ0n) is 26.8. The van der Waals surface area contributed by atoms with Gasteiger partial charge in [0.2, 0.25) is 0 Å². The largest absolute Gasteiger partial charge is 0.510 e. The van der Waals surface area contributed by atoms with Gasteiger partial charge in [-0.2, -0.15) is 0 Å². The minimum Gasteiger partial charge on any atom is -0.510 e. The van der Waals surface area contributed by atoms with Crippen LogP contribution in [0.3, 0.4) is 0 Å². The minimum atomic E-state index is -1.14. The summed E-state index contributed by atoms with van der Waals surface area (Å²) < 4.78 is 11.4. The Bertz CT molecular complexity index is 1320. The monoisotopic (exact) mass is 576 g/mol. The van der Waals surface area contributed by atoms with Crippen LogP contribution in [0.4, 0.5) is 0 Å². The van der Waals surface area contributed by atoms with Gasteiger partial charge in [-0.1, -0.05) is 81.3 Å². The third-order valence-corrected chi connectivity index (χ3v) is 8.77. The van der Waals surface area contributed by atoms with Crippen molar-refractivity contribution in [3.63, 3.8) is 0 Å². The molecule has 1 heterocycles. The number of aliphatic hydroxyl groups is 1. The molecule has 0 aromatic heterocycles. The molecule has 1 aromatic rings. The van der Waals surface area contributed by atoms with Crippen molar-refractivity contribution in [1.82, 2.24) is 0 Å². The number of allylic oxidation sites excluding steroid dienone is 5. The predicted octanol–water partition coefficient (Wildman–Crippen LogP) is 8.32. The highest BCUT2D eigenvalue weighted by molar-refractivity contribution is 6.18. The summed E-state index contributed by atoms with van der Waals surface area (Å²) in [6.07, 6.45) is 5.95. The molecule has 6 heteroatoms. The summed E-state index contributed by atoms with van der Waals surface area (Å²) in [4.78, 5) is 39.9. The number of rotatable bonds is 11. The van der Waals surface area contributed by atoms with Crippen LogP contribution < -0.4 is 0 Å². The number of carbonyl (C=O) groups excluding carboxylic acids is 3. The fourth-order valence-electron chi connectivity index (χ4n) is 6.43. The molecular formula is C36H48O6. The van der Waals surface area contributed by atoms with E-state index < -0.39 is 28.5 Å². The van der Waals surface area contributed by atoms with E-state index in [4.69, 9.17) is 9.47 Å². The van der Waals surface area contributed by atoms with Crippen LogP contribution in [0, 0.1) is 22.7 Å². The van der Waals surface area contributed by atoms with Crippen molar-refractivity contribution in [3.8, 4) is 0 Å². The molecule has 3 rings (SSSR count). The zero-order chi connectivity index (χ0) is 31.4. The molecule has 0 spiro atoms. The van der Waals surface area contributed by atoms with E-state index in [9.17, 15) is 19.5 Å². The van der Waals surface area contributed by atoms with Crippen LogP contribution in [-0.2, 0) is 23.9 Å². The molecule has 0 amide bonds. The van der Waals surface area contributed by atoms with Gasteiger partial charge in [-0.05, 0) is 75.3 Å². The molecule has 0 saturated heterocycles. The maximum Gasteiger partial charge on any atom is 0.350 e. The number of aliphatic hydroxyl groups excluding tert-OH is 1. The van der Waals surface area contributed by atoms with Crippen LogP contribution >= 0.6 is 0 Å². The minimum absolute atomic E-state index is 0.000902. The van der Waals surface area contributed by atoms with Gasteiger partial charge < -0.3 is 14.6 Å². The Morgan fingerprint density at radius 1 is 1.05 bits per heavy atom. The Morgan fingerprint density at radius 2 is 1.67 bits per heavy atom. The first-order chi connectivity index (χ1) is 19.6. The van der Waals surface area contributed by atoms with Gasteiger partial charge in [0.05, 0.1) is 18.9 Å². The number of hydrogen-bond acceptors (Lipinski definition) is 6. The molecule has 1 N–H and O–H groups in total. The highest BCUT2D eigenvalue weighted by atomic mass is 16.5. The number of Topliss-reactive ketones (excluding diaryl/α,β-unsaturated/α-hetero) is 1. The average molecular weight is 577 g/mol. The second-order valence-electron chi connectivity index (χ2n) is 13.3. The topological polar surface area (TPSA) is 89.9 Å². The van der Waals surface area contributed by atoms with E-state index in [-0.39, 0.29) is 42.0 Å². The molecule has 1 aliphatic heterocycles. The van der Waals surface area contributed by atoms with Crippen LogP contribution in [-0.4, -0.2) is 29.9 Å². The highest BCUT2D eigenvalue weighted by Crippen LogP contribution is 2.63. The van der Waals surface area contributed by atoms with Crippen LogP contribution in [0.1, 0.15) is 99.0 Å². The van der Waals surface area contributed by atoms with Crippen LogP contribution in [0.2, 0.25) is 0 Å². The van der Waals surface area contributed by atoms with Crippen molar-refractivity contribution in [3.05, 3.63) is 81.9 Å². The van der Waals surface area contributed by atoms with E-state index in [0.29, 0.717) is 18.6 Å². The van der Waals surface area contributed by atoms with Gasteiger partial charge in [0, 0.05) is 12.3 Å². The molecular weight excluding hydrogens is 528 g/mol. The maximum absolute atomic E-state index is 13.6. The van der Waals surface area contributed by atoms with Gasteiger partial charge in [0.1, 0.15) is 17.1 Å². The van der Waals surface area contributed by atoms with Crippen molar-refractivity contribution >= 4 is 17.7 Å². The van der Waals surface area contributed by atoms with Gasteiger partial charge in [-0.15, -0.1) is 0 Å². The lowest BCUT2D eigenvalue weighted by molar-refractivity contribution is -0.143. The molecule has 0 radical (unpaired) electrons. The Hall–Kier alpha value is -3.41. The second kappa shape index (κ2) is 13.3. The summed E-state index contributed by atoms with van der Waals surface area (Å²) in [5.74, 6) is -1.95. The number of ether oxygens (including phenoxy) is 2. The van der Waals surface area contributed by atoms with Gasteiger partial charge in [0.15, 0.2) is 5.78 Å². The van der Waals surface area contributed by atoms with Crippen molar-refractivity contribution < 1.29 is 29.0 Å². The number of fused-ring (bicyclic) bond motifs is 1. The molecule has 42 heavy (non-hydrogen) atoms. The average Bonchev–Trinajstić information content (AvgIpc) is 2.90. The maximum atomic E-state index is 13.6. The molecule has 2 aliphatic rings. The Balaban J connectivity index is 2.48. The Labute approximate surface area is 251 Å². The molecule has 3 atom stereocenters. The summed E-state index contributed by atoms with van der Waals surface area (Å²) in [5, 5.41) is 12.1. The third-order valence-electron chi connectivity index (χ3n) is 8.77. The summed E-state index contributed by atoms with van der Waals surface area (Å²) in [6.45, 7) is 16.2. The number of benzene rings is 1. The fourth-order valence-corrected chi connectivity index (χ4v) is 6.43. The lowest BCUT2D eigenvalue weighted by atomic mass is 9.53. The predicted molar refractivity (Wildman–Crippen MR) is 165 cm³/mol. The Morgan fingerprint density at radius 3 is 2.21 bits per heavy atom. The first-order valence-corrected chi connectivity index (χ1v) is 15.0. The summed E-state index contributed by atoms with van der Waals surface area (Å²) >= 11 is 0. The normalized spacial score (nSPS) is 22.2.